The fraction of sp³-hybridized carbons (Fsp3) is 0. The summed E-state index contributed by atoms with van der Waals surface area (Å²) in [5, 5.41) is 2.53. The van der Waals surface area contributed by atoms with Gasteiger partial charge in [-0.3, -0.25) is 9.59 Å². The maximum Gasteiger partial charge on any atom is 0.265 e. The topological polar surface area (TPSA) is 72.2 Å². The summed E-state index contributed by atoms with van der Waals surface area (Å²) in [5.74, 6) is -1.05. The summed E-state index contributed by atoms with van der Waals surface area (Å²) in [7, 11) is 0. The Morgan fingerprint density at radius 2 is 1.45 bits per heavy atom. The van der Waals surface area contributed by atoms with Crippen LogP contribution in [-0.4, -0.2) is 11.8 Å². The third kappa shape index (κ3) is 3.55. The second kappa shape index (κ2) is 6.33. The molecule has 2 amide bonds. The molecule has 0 aromatic heterocycles. The average molecular weight is 266 g/mol. The van der Waals surface area contributed by atoms with Gasteiger partial charge in [0.2, 0.25) is 0 Å². The van der Waals surface area contributed by atoms with Gasteiger partial charge < -0.3 is 11.1 Å². The maximum atomic E-state index is 12.0. The molecule has 4 heteroatoms. The highest BCUT2D eigenvalue weighted by Gasteiger charge is 2.11. The predicted octanol–water partition coefficient (Wildman–Crippen LogP) is 1.94. The van der Waals surface area contributed by atoms with Gasteiger partial charge in [-0.15, -0.1) is 0 Å². The summed E-state index contributed by atoms with van der Waals surface area (Å²) < 4.78 is 0. The van der Waals surface area contributed by atoms with Crippen molar-refractivity contribution >= 4 is 17.9 Å². The summed E-state index contributed by atoms with van der Waals surface area (Å²) in [6.07, 6.45) is 1.54. The van der Waals surface area contributed by atoms with E-state index < -0.39 is 5.91 Å². The van der Waals surface area contributed by atoms with E-state index in [9.17, 15) is 9.59 Å². The van der Waals surface area contributed by atoms with Crippen molar-refractivity contribution in [2.45, 2.75) is 0 Å². The lowest BCUT2D eigenvalue weighted by Crippen LogP contribution is -2.31. The van der Waals surface area contributed by atoms with Gasteiger partial charge in [-0.2, -0.15) is 0 Å². The molecule has 3 N–H and O–H groups in total. The van der Waals surface area contributed by atoms with Gasteiger partial charge in [-0.05, 0) is 23.8 Å². The molecule has 0 unspecified atom stereocenters. The first-order valence-corrected chi connectivity index (χ1v) is 6.10. The van der Waals surface area contributed by atoms with Gasteiger partial charge >= 0.3 is 0 Å². The molecule has 0 heterocycles. The average Bonchev–Trinajstić information content (AvgIpc) is 2.48. The highest BCUT2D eigenvalue weighted by atomic mass is 16.2. The van der Waals surface area contributed by atoms with Crippen LogP contribution in [0.5, 0.6) is 0 Å². The van der Waals surface area contributed by atoms with E-state index >= 15 is 0 Å². The van der Waals surface area contributed by atoms with Gasteiger partial charge in [0.1, 0.15) is 5.70 Å². The second-order valence-corrected chi connectivity index (χ2v) is 4.15. The molecule has 0 fully saturated rings. The monoisotopic (exact) mass is 266 g/mol. The third-order valence-electron chi connectivity index (χ3n) is 2.66. The van der Waals surface area contributed by atoms with Gasteiger partial charge in [-0.25, -0.2) is 0 Å². The van der Waals surface area contributed by atoms with Gasteiger partial charge in [0.25, 0.3) is 11.8 Å². The fourth-order valence-electron chi connectivity index (χ4n) is 1.67. The Bertz CT molecular complexity index is 634. The van der Waals surface area contributed by atoms with E-state index in [1.54, 1.807) is 30.3 Å². The van der Waals surface area contributed by atoms with E-state index in [0.29, 0.717) is 5.56 Å². The molecule has 2 aromatic carbocycles. The number of benzene rings is 2. The molecule has 2 aromatic rings. The molecule has 0 saturated heterocycles. The van der Waals surface area contributed by atoms with E-state index in [2.05, 4.69) is 5.32 Å². The quantitative estimate of drug-likeness (QED) is 0.830. The maximum absolute atomic E-state index is 12.0. The van der Waals surface area contributed by atoms with Crippen LogP contribution in [0.1, 0.15) is 15.9 Å². The van der Waals surface area contributed by atoms with Crippen molar-refractivity contribution in [3.05, 3.63) is 77.5 Å². The third-order valence-corrected chi connectivity index (χ3v) is 2.66. The number of hydrogen-bond donors (Lipinski definition) is 2. The van der Waals surface area contributed by atoms with Crippen LogP contribution in [0, 0.1) is 0 Å². The molecule has 0 aliphatic heterocycles. The predicted molar refractivity (Wildman–Crippen MR) is 77.5 cm³/mol. The normalized spacial score (nSPS) is 10.9. The van der Waals surface area contributed by atoms with E-state index in [1.807, 2.05) is 36.4 Å². The summed E-state index contributed by atoms with van der Waals surface area (Å²) in [4.78, 5) is 23.4. The summed E-state index contributed by atoms with van der Waals surface area (Å²) in [6, 6.07) is 17.8. The van der Waals surface area contributed by atoms with Gasteiger partial charge in [0.05, 0.1) is 0 Å². The lowest BCUT2D eigenvalue weighted by Gasteiger charge is -2.07. The number of primary amides is 1. The minimum atomic E-state index is -0.682. The van der Waals surface area contributed by atoms with Crippen molar-refractivity contribution in [1.82, 2.24) is 5.32 Å². The van der Waals surface area contributed by atoms with E-state index in [1.165, 1.54) is 0 Å². The highest BCUT2D eigenvalue weighted by Crippen LogP contribution is 2.06. The number of amides is 2. The van der Waals surface area contributed by atoms with Crippen LogP contribution in [0.2, 0.25) is 0 Å². The molecule has 100 valence electrons. The molecule has 20 heavy (non-hydrogen) atoms. The standard InChI is InChI=1S/C16H14N2O2/c17-15(19)14(11-12-7-3-1-4-8-12)18-16(20)13-9-5-2-6-10-13/h1-11H,(H2,17,19)(H,18,20)/b14-11+. The Morgan fingerprint density at radius 3 is 2.00 bits per heavy atom. The van der Waals surface area contributed by atoms with E-state index in [0.717, 1.165) is 5.56 Å². The number of carbonyl (C=O) groups excluding carboxylic acids is 2. The Kier molecular flexibility index (Phi) is 4.29. The molecule has 0 radical (unpaired) electrons. The minimum Gasteiger partial charge on any atom is -0.364 e. The molecular formula is C16H14N2O2. The molecule has 4 nitrogen and oxygen atoms in total. The fourth-order valence-corrected chi connectivity index (χ4v) is 1.67. The Hall–Kier alpha value is -2.88. The van der Waals surface area contributed by atoms with E-state index in [4.69, 9.17) is 5.73 Å². The molecule has 0 atom stereocenters. The molecule has 0 bridgehead atoms. The summed E-state index contributed by atoms with van der Waals surface area (Å²) >= 11 is 0. The van der Waals surface area contributed by atoms with Crippen molar-refractivity contribution < 1.29 is 9.59 Å². The summed E-state index contributed by atoms with van der Waals surface area (Å²) in [5.41, 5.74) is 6.60. The Balaban J connectivity index is 2.21. The lowest BCUT2D eigenvalue weighted by atomic mass is 10.1. The largest absolute Gasteiger partial charge is 0.364 e. The van der Waals surface area contributed by atoms with Crippen LogP contribution in [0.3, 0.4) is 0 Å². The first-order valence-electron chi connectivity index (χ1n) is 6.10. The smallest absolute Gasteiger partial charge is 0.265 e. The molecule has 2 rings (SSSR count). The van der Waals surface area contributed by atoms with Crippen LogP contribution in [0.4, 0.5) is 0 Å². The zero-order valence-electron chi connectivity index (χ0n) is 10.7. The van der Waals surface area contributed by atoms with Crippen molar-refractivity contribution in [2.24, 2.45) is 5.73 Å². The van der Waals surface area contributed by atoms with Crippen LogP contribution < -0.4 is 11.1 Å². The van der Waals surface area contributed by atoms with Crippen LogP contribution >= 0.6 is 0 Å². The van der Waals surface area contributed by atoms with Crippen molar-refractivity contribution in [1.29, 1.82) is 0 Å². The first-order chi connectivity index (χ1) is 9.66. The van der Waals surface area contributed by atoms with Gasteiger partial charge in [0, 0.05) is 5.56 Å². The number of carbonyl (C=O) groups is 2. The SMILES string of the molecule is NC(=O)/C(=C\c1ccccc1)NC(=O)c1ccccc1. The lowest BCUT2D eigenvalue weighted by molar-refractivity contribution is -0.114. The Morgan fingerprint density at radius 1 is 0.900 bits per heavy atom. The number of hydrogen-bond acceptors (Lipinski definition) is 2. The van der Waals surface area contributed by atoms with E-state index in [-0.39, 0.29) is 11.6 Å². The number of rotatable bonds is 4. The Labute approximate surface area is 116 Å². The zero-order valence-corrected chi connectivity index (χ0v) is 10.7. The number of nitrogens with one attached hydrogen (secondary N) is 1. The minimum absolute atomic E-state index is 0.0602. The van der Waals surface area contributed by atoms with Crippen molar-refractivity contribution in [3.63, 3.8) is 0 Å². The number of nitrogens with two attached hydrogens (primary N) is 1. The van der Waals surface area contributed by atoms with Gasteiger partial charge in [0.15, 0.2) is 0 Å². The molecule has 0 aliphatic carbocycles. The van der Waals surface area contributed by atoms with Crippen molar-refractivity contribution in [3.8, 4) is 0 Å². The first kappa shape index (κ1) is 13.5. The molecule has 0 aliphatic rings. The summed E-state index contributed by atoms with van der Waals surface area (Å²) in [6.45, 7) is 0. The van der Waals surface area contributed by atoms with Crippen LogP contribution in [0.25, 0.3) is 6.08 Å². The van der Waals surface area contributed by atoms with Crippen LogP contribution in [-0.2, 0) is 4.79 Å². The van der Waals surface area contributed by atoms with Crippen molar-refractivity contribution in [2.75, 3.05) is 0 Å². The molecular weight excluding hydrogens is 252 g/mol. The van der Waals surface area contributed by atoms with Crippen LogP contribution in [0.15, 0.2) is 66.4 Å². The zero-order chi connectivity index (χ0) is 14.4. The second-order valence-electron chi connectivity index (χ2n) is 4.15. The van der Waals surface area contributed by atoms with Gasteiger partial charge in [-0.1, -0.05) is 48.5 Å². The molecule has 0 saturated carbocycles. The highest BCUT2D eigenvalue weighted by molar-refractivity contribution is 6.04. The molecule has 0 spiro atoms.